The molecule has 0 spiro atoms. The van der Waals surface area contributed by atoms with Crippen molar-refractivity contribution in [2.24, 2.45) is 0 Å². The van der Waals surface area contributed by atoms with Gasteiger partial charge in [-0.1, -0.05) is 27.7 Å². The fourth-order valence-corrected chi connectivity index (χ4v) is 3.06. The molecule has 20 heavy (non-hydrogen) atoms. The Morgan fingerprint density at radius 1 is 1.40 bits per heavy atom. The topological polar surface area (TPSA) is 41.1 Å². The number of rotatable bonds is 2. The second kappa shape index (κ2) is 5.69. The maximum absolute atomic E-state index is 12.8. The Balaban J connectivity index is 2.22. The molecule has 2 N–H and O–H groups in total. The fourth-order valence-electron chi connectivity index (χ4n) is 1.66. The molecule has 1 heterocycles. The first kappa shape index (κ1) is 15.2. The van der Waals surface area contributed by atoms with Crippen molar-refractivity contribution in [3.63, 3.8) is 0 Å². The average Bonchev–Trinajstić information content (AvgIpc) is 2.74. The Bertz CT molecular complexity index is 574. The number of hydrogen-bond acceptors (Lipinski definition) is 3. The number of carbonyl (C=O) groups excluding carboxylic acids is 1. The molecule has 1 unspecified atom stereocenters. The van der Waals surface area contributed by atoms with Gasteiger partial charge in [0.05, 0.1) is 11.3 Å². The van der Waals surface area contributed by atoms with Crippen LogP contribution in [-0.2, 0) is 11.0 Å². The van der Waals surface area contributed by atoms with Crippen LogP contribution >= 0.6 is 27.7 Å². The molecule has 0 fully saturated rings. The molecule has 108 valence electrons. The van der Waals surface area contributed by atoms with Crippen LogP contribution in [0.25, 0.3) is 5.70 Å². The molecular formula is C12H10BrF3N2OS. The van der Waals surface area contributed by atoms with Crippen LogP contribution in [0.4, 0.5) is 13.2 Å². The smallest absolute Gasteiger partial charge is 0.356 e. The van der Waals surface area contributed by atoms with Crippen LogP contribution in [0.2, 0.25) is 0 Å². The summed E-state index contributed by atoms with van der Waals surface area (Å²) in [4.78, 5) is 10.9. The van der Waals surface area contributed by atoms with Gasteiger partial charge in [0.25, 0.3) is 0 Å². The lowest BCUT2D eigenvalue weighted by atomic mass is 10.1. The number of hydrogen-bond donors (Lipinski definition) is 2. The van der Waals surface area contributed by atoms with E-state index in [0.29, 0.717) is 15.7 Å². The van der Waals surface area contributed by atoms with E-state index in [4.69, 9.17) is 0 Å². The number of benzene rings is 1. The van der Waals surface area contributed by atoms with E-state index in [9.17, 15) is 18.0 Å². The average molecular weight is 367 g/mol. The number of alkyl halides is 3. The minimum absolute atomic E-state index is 0.213. The molecule has 0 radical (unpaired) electrons. The van der Waals surface area contributed by atoms with E-state index >= 15 is 0 Å². The van der Waals surface area contributed by atoms with E-state index in [1.54, 1.807) is 11.5 Å². The number of amides is 1. The Kier molecular flexibility index (Phi) is 4.33. The summed E-state index contributed by atoms with van der Waals surface area (Å²) in [7, 11) is 0. The van der Waals surface area contributed by atoms with Crippen LogP contribution in [0.1, 0.15) is 18.1 Å². The summed E-state index contributed by atoms with van der Waals surface area (Å²) in [6, 6.07) is 3.68. The van der Waals surface area contributed by atoms with Gasteiger partial charge in [0.2, 0.25) is 5.91 Å². The van der Waals surface area contributed by atoms with Crippen molar-refractivity contribution in [2.45, 2.75) is 18.6 Å². The summed E-state index contributed by atoms with van der Waals surface area (Å²) in [5.41, 5.74) is -0.138. The maximum Gasteiger partial charge on any atom is 0.416 e. The minimum atomic E-state index is -4.40. The molecule has 0 saturated heterocycles. The van der Waals surface area contributed by atoms with Gasteiger partial charge < -0.3 is 10.6 Å². The van der Waals surface area contributed by atoms with Crippen LogP contribution in [-0.4, -0.2) is 11.4 Å². The van der Waals surface area contributed by atoms with E-state index in [1.165, 1.54) is 18.7 Å². The number of carbonyl (C=O) groups is 1. The first-order chi connectivity index (χ1) is 9.25. The predicted octanol–water partition coefficient (Wildman–Crippen LogP) is 3.52. The lowest BCUT2D eigenvalue weighted by Crippen LogP contribution is -2.38. The van der Waals surface area contributed by atoms with Gasteiger partial charge in [-0.3, -0.25) is 4.79 Å². The molecule has 0 saturated carbocycles. The van der Waals surface area contributed by atoms with Crippen molar-refractivity contribution in [3.05, 3.63) is 39.2 Å². The summed E-state index contributed by atoms with van der Waals surface area (Å²) < 4.78 is 38.6. The fraction of sp³-hybridized carbons (Fsp3) is 0.250. The molecule has 1 aromatic rings. The van der Waals surface area contributed by atoms with Crippen molar-refractivity contribution >= 4 is 39.3 Å². The van der Waals surface area contributed by atoms with E-state index in [-0.39, 0.29) is 11.4 Å². The summed E-state index contributed by atoms with van der Waals surface area (Å²) in [5, 5.41) is 7.26. The zero-order valence-electron chi connectivity index (χ0n) is 10.2. The molecule has 3 nitrogen and oxygen atoms in total. The van der Waals surface area contributed by atoms with Crippen molar-refractivity contribution in [1.29, 1.82) is 0 Å². The molecule has 2 rings (SSSR count). The molecule has 1 amide bonds. The number of thioether (sulfide) groups is 1. The second-order valence-corrected chi connectivity index (χ2v) is 6.01. The maximum atomic E-state index is 12.8. The Morgan fingerprint density at radius 3 is 2.70 bits per heavy atom. The summed E-state index contributed by atoms with van der Waals surface area (Å²) in [5.74, 6) is -0.213. The summed E-state index contributed by atoms with van der Waals surface area (Å²) in [6.45, 7) is 1.38. The zero-order valence-corrected chi connectivity index (χ0v) is 12.6. The van der Waals surface area contributed by atoms with Gasteiger partial charge in [0, 0.05) is 11.4 Å². The van der Waals surface area contributed by atoms with Gasteiger partial charge in [-0.05, 0) is 29.2 Å². The van der Waals surface area contributed by atoms with E-state index in [2.05, 4.69) is 26.6 Å². The molecule has 1 aromatic carbocycles. The molecule has 1 aliphatic rings. The highest BCUT2D eigenvalue weighted by molar-refractivity contribution is 9.10. The van der Waals surface area contributed by atoms with Gasteiger partial charge >= 0.3 is 6.18 Å². The predicted molar refractivity (Wildman–Crippen MR) is 75.5 cm³/mol. The lowest BCUT2D eigenvalue weighted by molar-refractivity contribution is -0.137. The van der Waals surface area contributed by atoms with Gasteiger partial charge in [0.15, 0.2) is 5.50 Å². The Labute approximate surface area is 126 Å². The van der Waals surface area contributed by atoms with Crippen molar-refractivity contribution in [3.8, 4) is 0 Å². The molecule has 1 atom stereocenters. The first-order valence-electron chi connectivity index (χ1n) is 5.53. The van der Waals surface area contributed by atoms with Crippen LogP contribution in [0, 0.1) is 0 Å². The van der Waals surface area contributed by atoms with Gasteiger partial charge in [-0.25, -0.2) is 0 Å². The monoisotopic (exact) mass is 366 g/mol. The SMILES string of the molecule is CC(=O)NC1NC(c2cc(Br)cc(C(F)(F)F)c2)=CS1. The highest BCUT2D eigenvalue weighted by atomic mass is 79.9. The third-order valence-electron chi connectivity index (χ3n) is 2.48. The summed E-state index contributed by atoms with van der Waals surface area (Å²) >= 11 is 4.37. The van der Waals surface area contributed by atoms with Crippen LogP contribution < -0.4 is 10.6 Å². The standard InChI is InChI=1S/C12H10BrF3N2OS/c1-6(19)17-11-18-10(5-20-11)7-2-8(12(14,15)16)4-9(13)3-7/h2-5,11,18H,1H3,(H,17,19). The van der Waals surface area contributed by atoms with E-state index in [0.717, 1.165) is 12.1 Å². The third kappa shape index (κ3) is 3.69. The zero-order chi connectivity index (χ0) is 14.9. The van der Waals surface area contributed by atoms with Crippen LogP contribution in [0.3, 0.4) is 0 Å². The lowest BCUT2D eigenvalue weighted by Gasteiger charge is -2.15. The molecule has 1 aliphatic heterocycles. The molecule has 0 aliphatic carbocycles. The molecule has 0 bridgehead atoms. The highest BCUT2D eigenvalue weighted by Gasteiger charge is 2.31. The Morgan fingerprint density at radius 2 is 2.10 bits per heavy atom. The number of halogens is 4. The van der Waals surface area contributed by atoms with E-state index < -0.39 is 11.7 Å². The normalized spacial score (nSPS) is 18.4. The van der Waals surface area contributed by atoms with Crippen LogP contribution in [0.15, 0.2) is 28.1 Å². The van der Waals surface area contributed by atoms with Crippen molar-refractivity contribution in [1.82, 2.24) is 10.6 Å². The quantitative estimate of drug-likeness (QED) is 0.841. The van der Waals surface area contributed by atoms with Gasteiger partial charge in [-0.2, -0.15) is 13.2 Å². The van der Waals surface area contributed by atoms with Crippen LogP contribution in [0.5, 0.6) is 0 Å². The highest BCUT2D eigenvalue weighted by Crippen LogP contribution is 2.35. The second-order valence-electron chi connectivity index (χ2n) is 4.12. The molecule has 0 aromatic heterocycles. The van der Waals surface area contributed by atoms with E-state index in [1.807, 2.05) is 0 Å². The minimum Gasteiger partial charge on any atom is -0.356 e. The third-order valence-corrected chi connectivity index (χ3v) is 3.82. The van der Waals surface area contributed by atoms with Gasteiger partial charge in [-0.15, -0.1) is 0 Å². The first-order valence-corrected chi connectivity index (χ1v) is 7.27. The van der Waals surface area contributed by atoms with Crippen molar-refractivity contribution in [2.75, 3.05) is 0 Å². The number of nitrogens with one attached hydrogen (secondary N) is 2. The summed E-state index contributed by atoms with van der Waals surface area (Å²) in [6.07, 6.45) is -4.40. The molecular weight excluding hydrogens is 357 g/mol. The Hall–Kier alpha value is -1.15. The molecule has 8 heteroatoms. The van der Waals surface area contributed by atoms with Crippen molar-refractivity contribution < 1.29 is 18.0 Å². The van der Waals surface area contributed by atoms with Gasteiger partial charge in [0.1, 0.15) is 0 Å². The largest absolute Gasteiger partial charge is 0.416 e.